The van der Waals surface area contributed by atoms with Gasteiger partial charge < -0.3 is 136 Å². The number of aliphatic carboxylic acids is 9. The maximum Gasteiger partial charge on any atom is 0.303 e. The molecule has 1 heterocycles. The normalized spacial score (nSPS) is 15.1. The maximum atomic E-state index is 14.2. The average Bonchev–Trinajstić information content (AvgIpc) is 1.75. The summed E-state index contributed by atoms with van der Waals surface area (Å²) in [6, 6.07) is -22.4. The van der Waals surface area contributed by atoms with Crippen LogP contribution in [-0.4, -0.2) is 324 Å². The molecule has 678 valence electrons. The van der Waals surface area contributed by atoms with Crippen LogP contribution < -0.4 is 80.2 Å². The number of carboxylic acids is 9. The minimum atomic E-state index is -2.18. The Kier molecular flexibility index (Phi) is 49.4. The largest absolute Gasteiger partial charge is 0.481 e. The molecule has 0 aromatic carbocycles. The lowest BCUT2D eigenvalue weighted by atomic mass is 10.0. The molecule has 50 nitrogen and oxygen atoms in total. The number of carboxylic acid groups (broad SMARTS) is 9. The fraction of sp³-hybridized carbons (Fsp3) is 0.657. The van der Waals surface area contributed by atoms with Crippen molar-refractivity contribution in [3.05, 3.63) is 0 Å². The summed E-state index contributed by atoms with van der Waals surface area (Å²) in [5.41, 5.74) is 5.73. The number of likely N-dealkylation sites (tertiary alicyclic amines) is 1. The Bertz CT molecular complexity index is 3720. The molecule has 1 aliphatic rings. The summed E-state index contributed by atoms with van der Waals surface area (Å²) in [7, 11) is 1.37. The molecule has 121 heavy (non-hydrogen) atoms. The molecule has 0 aromatic rings. The van der Waals surface area contributed by atoms with Gasteiger partial charge in [0, 0.05) is 83.7 Å². The molecule has 0 bridgehead atoms. The van der Waals surface area contributed by atoms with Gasteiger partial charge in [0.15, 0.2) is 0 Å². The molecule has 1 fully saturated rings. The van der Waals surface area contributed by atoms with Gasteiger partial charge in [-0.2, -0.15) is 11.8 Å². The van der Waals surface area contributed by atoms with E-state index in [2.05, 4.69) is 69.1 Å². The van der Waals surface area contributed by atoms with Crippen LogP contribution in [0.2, 0.25) is 0 Å². The number of rotatable bonds is 62. The maximum absolute atomic E-state index is 14.2. The minimum absolute atomic E-state index is 0.0629. The van der Waals surface area contributed by atoms with E-state index in [9.17, 15) is 156 Å². The zero-order chi connectivity index (χ0) is 91.9. The first-order chi connectivity index (χ1) is 56.7. The molecule has 0 aromatic heterocycles. The summed E-state index contributed by atoms with van der Waals surface area (Å²) in [5, 5.41) is 117. The number of nitrogens with zero attached hydrogens (tertiary/aromatic N) is 1. The number of amides is 15. The van der Waals surface area contributed by atoms with Crippen LogP contribution in [0.4, 0.5) is 0 Å². The lowest BCUT2D eigenvalue weighted by molar-refractivity contribution is -0.142. The fourth-order valence-electron chi connectivity index (χ4n) is 11.3. The minimum Gasteiger partial charge on any atom is -0.481 e. The van der Waals surface area contributed by atoms with Crippen molar-refractivity contribution in [2.75, 3.05) is 51.9 Å². The van der Waals surface area contributed by atoms with Crippen LogP contribution in [0.1, 0.15) is 156 Å². The van der Waals surface area contributed by atoms with Gasteiger partial charge in [-0.3, -0.25) is 115 Å². The standard InChI is InChI=1S/C70H108N16O34S/c1-33(2)29-44(61(110)74-30-47(87)76-45(32-121-5)69(118)75-34(3)58(107)72-4)85-70(119)46-7-6-27-86(46)48(88)31-120-28-26-73-60(109)36(9-18-50(91)92)78-63(112)38(11-20-52(95)96)80-65(114)40(13-22-54(99)100)82-67(116)42(15-24-56(103)104)84-68(117)43(16-25-57(105)106)83-66(115)41(14-23-55(101)102)81-64(113)39(12-21-53(97)98)79-62(111)37(10-19-51(93)94)77-59(108)35(71)8-17-49(89)90/h33-46H,6-32,71H2,1-5H3,(H,72,107)(H,73,109)(H,74,110)(H,75,118)(H,76,87)(H,77,108)(H,78,112)(H,79,111)(H,80,114)(H,81,113)(H,82,116)(H,83,115)(H,84,117)(H,85,119)(H,89,90)(H,91,92)(H,93,94)(H,95,96)(H,97,98)(H,99,100)(H,101,102)(H,103,104)(H,105,106)/t34-,35+,36+,37+,38+,39+,40+,41+,42+,43+,44-,45-,46?/m0/s1. The zero-order valence-corrected chi connectivity index (χ0v) is 67.7. The Morgan fingerprint density at radius 3 is 1.00 bits per heavy atom. The quantitative estimate of drug-likeness (QED) is 0.0252. The highest BCUT2D eigenvalue weighted by molar-refractivity contribution is 7.98. The van der Waals surface area contributed by atoms with E-state index < -0.39 is 363 Å². The van der Waals surface area contributed by atoms with E-state index in [1.165, 1.54) is 30.6 Å². The fourth-order valence-corrected chi connectivity index (χ4v) is 11.9. The van der Waals surface area contributed by atoms with Crippen LogP contribution >= 0.6 is 11.8 Å². The summed E-state index contributed by atoms with van der Waals surface area (Å²) >= 11 is 1.22. The van der Waals surface area contributed by atoms with Gasteiger partial charge in [-0.15, -0.1) is 0 Å². The SMILES string of the molecule is CNC(=O)[C@H](C)NC(=O)[C@H](CSC)NC(=O)CNC(=O)[C@H](CC(C)C)NC(=O)C1CCCN1C(=O)COCCNC(=O)[C@@H](CCC(=O)O)NC(=O)[C@@H](CCC(=O)O)NC(=O)[C@@H](CCC(=O)O)NC(=O)[C@@H](CCC(=O)O)NC(=O)[C@@H](CCC(=O)O)NC(=O)[C@@H](CCC(=O)O)NC(=O)[C@@H](CCC(=O)O)NC(=O)[C@@H](CCC(=O)O)NC(=O)[C@H](N)CCC(=O)O. The average molecular weight is 1750 g/mol. The number of carbonyl (C=O) groups is 24. The van der Waals surface area contributed by atoms with Crippen molar-refractivity contribution < 1.29 is 166 Å². The zero-order valence-electron chi connectivity index (χ0n) is 66.8. The first kappa shape index (κ1) is 107. The van der Waals surface area contributed by atoms with E-state index in [4.69, 9.17) is 15.6 Å². The lowest BCUT2D eigenvalue weighted by Crippen LogP contribution is -2.60. The molecule has 1 unspecified atom stereocenters. The van der Waals surface area contributed by atoms with Gasteiger partial charge in [0.05, 0.1) is 19.2 Å². The van der Waals surface area contributed by atoms with Gasteiger partial charge >= 0.3 is 53.7 Å². The molecule has 15 amide bonds. The third-order valence-electron chi connectivity index (χ3n) is 17.6. The van der Waals surface area contributed by atoms with E-state index >= 15 is 0 Å². The van der Waals surface area contributed by atoms with Crippen LogP contribution in [0, 0.1) is 5.92 Å². The second-order valence-electron chi connectivity index (χ2n) is 27.9. The smallest absolute Gasteiger partial charge is 0.303 e. The van der Waals surface area contributed by atoms with Gasteiger partial charge in [0.2, 0.25) is 88.6 Å². The summed E-state index contributed by atoms with van der Waals surface area (Å²) < 4.78 is 5.48. The van der Waals surface area contributed by atoms with Gasteiger partial charge in [0.1, 0.15) is 79.1 Å². The second-order valence-corrected chi connectivity index (χ2v) is 28.8. The van der Waals surface area contributed by atoms with Crippen molar-refractivity contribution in [3.63, 3.8) is 0 Å². The molecule has 0 spiro atoms. The third-order valence-corrected chi connectivity index (χ3v) is 18.3. The number of carbonyl (C=O) groups excluding carboxylic acids is 15. The summed E-state index contributed by atoms with van der Waals surface area (Å²) in [6.07, 6.45) is -13.3. The molecule has 0 saturated carbocycles. The van der Waals surface area contributed by atoms with Gasteiger partial charge in [-0.25, -0.2) is 0 Å². The van der Waals surface area contributed by atoms with Gasteiger partial charge in [0.25, 0.3) is 0 Å². The molecule has 1 aliphatic heterocycles. The second kappa shape index (κ2) is 56.1. The van der Waals surface area contributed by atoms with E-state index in [-0.39, 0.29) is 31.1 Å². The van der Waals surface area contributed by atoms with Crippen molar-refractivity contribution in [2.24, 2.45) is 11.7 Å². The van der Waals surface area contributed by atoms with Gasteiger partial charge in [-0.05, 0) is 96.1 Å². The van der Waals surface area contributed by atoms with Crippen LogP contribution in [0.3, 0.4) is 0 Å². The Morgan fingerprint density at radius 2 is 0.686 bits per heavy atom. The van der Waals surface area contributed by atoms with Crippen molar-refractivity contribution >= 4 is 154 Å². The number of thioether (sulfide) groups is 1. The van der Waals surface area contributed by atoms with Crippen LogP contribution in [0.25, 0.3) is 0 Å². The molecule has 0 aliphatic carbocycles. The predicted molar refractivity (Wildman–Crippen MR) is 410 cm³/mol. The van der Waals surface area contributed by atoms with Crippen LogP contribution in [-0.2, 0) is 120 Å². The molecule has 13 atom stereocenters. The van der Waals surface area contributed by atoms with Crippen LogP contribution in [0.5, 0.6) is 0 Å². The van der Waals surface area contributed by atoms with Crippen molar-refractivity contribution in [1.29, 1.82) is 0 Å². The topological polar surface area (TPSA) is 799 Å². The molecular weight excluding hydrogens is 1640 g/mol. The van der Waals surface area contributed by atoms with E-state index in [1.54, 1.807) is 20.1 Å². The molecule has 1 saturated heterocycles. The number of hydrogen-bond acceptors (Lipinski definition) is 27. The third kappa shape index (κ3) is 44.3. The Morgan fingerprint density at radius 1 is 0.380 bits per heavy atom. The number of nitrogens with two attached hydrogens (primary N) is 1. The molecular formula is C70H108N16O34S. The highest BCUT2D eigenvalue weighted by Gasteiger charge is 2.40. The van der Waals surface area contributed by atoms with Crippen molar-refractivity contribution in [1.82, 2.24) is 79.3 Å². The van der Waals surface area contributed by atoms with Crippen molar-refractivity contribution in [2.45, 2.75) is 234 Å². The lowest BCUT2D eigenvalue weighted by Gasteiger charge is -2.28. The number of nitrogens with one attached hydrogen (secondary N) is 14. The monoisotopic (exact) mass is 1750 g/mol. The highest BCUT2D eigenvalue weighted by Crippen LogP contribution is 2.20. The molecule has 51 heteroatoms. The van der Waals surface area contributed by atoms with Crippen LogP contribution in [0.15, 0.2) is 0 Å². The highest BCUT2D eigenvalue weighted by atomic mass is 32.2. The Balaban J connectivity index is 3.51. The van der Waals surface area contributed by atoms with Gasteiger partial charge in [-0.1, -0.05) is 13.8 Å². The first-order valence-electron chi connectivity index (χ1n) is 37.9. The van der Waals surface area contributed by atoms with Crippen molar-refractivity contribution in [3.8, 4) is 0 Å². The first-order valence-corrected chi connectivity index (χ1v) is 39.3. The van der Waals surface area contributed by atoms with E-state index in [0.717, 1.165) is 0 Å². The summed E-state index contributed by atoms with van der Waals surface area (Å²) in [5.74, 6) is -31.0. The van der Waals surface area contributed by atoms with E-state index in [1.807, 2.05) is 5.32 Å². The molecule has 1 rings (SSSR count). The molecule has 25 N–H and O–H groups in total. The predicted octanol–water partition coefficient (Wildman–Crippen LogP) is -8.16. The molecule has 0 radical (unpaired) electrons. The number of hydrogen-bond donors (Lipinski definition) is 24. The Hall–Kier alpha value is -12.4. The number of likely N-dealkylation sites (N-methyl/N-ethyl adjacent to an activating group) is 1. The summed E-state index contributed by atoms with van der Waals surface area (Å²) in [6.45, 7) is 2.80. The van der Waals surface area contributed by atoms with E-state index in [0.29, 0.717) is 6.42 Å². The Labute approximate surface area is 694 Å². The summed E-state index contributed by atoms with van der Waals surface area (Å²) in [4.78, 5) is 310. The number of ether oxygens (including phenoxy) is 1.